The summed E-state index contributed by atoms with van der Waals surface area (Å²) in [5.74, 6) is 8.40. The minimum Gasteiger partial charge on any atom is -0.497 e. The number of hydrogen-bond donors (Lipinski definition) is 1. The fourth-order valence-electron chi connectivity index (χ4n) is 2.19. The van der Waals surface area contributed by atoms with Crippen molar-refractivity contribution in [2.75, 3.05) is 13.0 Å². The predicted molar refractivity (Wildman–Crippen MR) is 92.9 cm³/mol. The van der Waals surface area contributed by atoms with Gasteiger partial charge in [0.1, 0.15) is 5.75 Å². The molecule has 0 spiro atoms. The predicted octanol–water partition coefficient (Wildman–Crippen LogP) is 3.27. The molecule has 0 bridgehead atoms. The van der Waals surface area contributed by atoms with Gasteiger partial charge in [-0.1, -0.05) is 53.7 Å². The third-order valence-electron chi connectivity index (χ3n) is 3.48. The van der Waals surface area contributed by atoms with Gasteiger partial charge in [-0.3, -0.25) is 0 Å². The molecule has 5 nitrogen and oxygen atoms in total. The van der Waals surface area contributed by atoms with E-state index in [4.69, 9.17) is 10.6 Å². The van der Waals surface area contributed by atoms with Crippen LogP contribution in [0.5, 0.6) is 5.75 Å². The normalized spacial score (nSPS) is 10.7. The van der Waals surface area contributed by atoms with E-state index < -0.39 is 0 Å². The Morgan fingerprint density at radius 1 is 1.13 bits per heavy atom. The standard InChI is InChI=1S/C17H18N4OS/c1-12-6-8-14(9-7-12)16-19-20-17(21(16)18)23-11-13-4-3-5-15(10-13)22-2/h3-10H,11,18H2,1-2H3. The maximum absolute atomic E-state index is 6.14. The van der Waals surface area contributed by atoms with E-state index in [1.807, 2.05) is 55.5 Å². The third-order valence-corrected chi connectivity index (χ3v) is 4.49. The first kappa shape index (κ1) is 15.4. The summed E-state index contributed by atoms with van der Waals surface area (Å²) < 4.78 is 6.77. The van der Waals surface area contributed by atoms with E-state index >= 15 is 0 Å². The summed E-state index contributed by atoms with van der Waals surface area (Å²) in [6.07, 6.45) is 0. The van der Waals surface area contributed by atoms with E-state index in [9.17, 15) is 0 Å². The minimum atomic E-state index is 0.665. The summed E-state index contributed by atoms with van der Waals surface area (Å²) in [5.41, 5.74) is 3.30. The molecule has 23 heavy (non-hydrogen) atoms. The van der Waals surface area contributed by atoms with Crippen LogP contribution in [-0.2, 0) is 5.75 Å². The van der Waals surface area contributed by atoms with E-state index in [1.54, 1.807) is 18.9 Å². The number of thioether (sulfide) groups is 1. The van der Waals surface area contributed by atoms with Crippen molar-refractivity contribution in [1.29, 1.82) is 0 Å². The van der Waals surface area contributed by atoms with Crippen molar-refractivity contribution >= 4 is 11.8 Å². The van der Waals surface area contributed by atoms with E-state index in [0.717, 1.165) is 22.6 Å². The highest BCUT2D eigenvalue weighted by atomic mass is 32.2. The Kier molecular flexibility index (Phi) is 4.52. The second-order valence-corrected chi connectivity index (χ2v) is 6.12. The van der Waals surface area contributed by atoms with Crippen LogP contribution >= 0.6 is 11.8 Å². The molecular formula is C17H18N4OS. The lowest BCUT2D eigenvalue weighted by atomic mass is 10.1. The number of methoxy groups -OCH3 is 1. The molecule has 6 heteroatoms. The Morgan fingerprint density at radius 2 is 1.91 bits per heavy atom. The topological polar surface area (TPSA) is 66.0 Å². The number of rotatable bonds is 5. The Morgan fingerprint density at radius 3 is 2.65 bits per heavy atom. The molecule has 0 unspecified atom stereocenters. The van der Waals surface area contributed by atoms with Crippen LogP contribution in [0.15, 0.2) is 53.7 Å². The average molecular weight is 326 g/mol. The Hall–Kier alpha value is -2.47. The summed E-state index contributed by atoms with van der Waals surface area (Å²) >= 11 is 1.55. The van der Waals surface area contributed by atoms with Crippen molar-refractivity contribution < 1.29 is 4.74 Å². The van der Waals surface area contributed by atoms with Crippen LogP contribution in [-0.4, -0.2) is 22.0 Å². The number of nitrogen functional groups attached to an aromatic ring is 1. The molecular weight excluding hydrogens is 308 g/mol. The van der Waals surface area contributed by atoms with Crippen molar-refractivity contribution in [3.8, 4) is 17.1 Å². The van der Waals surface area contributed by atoms with Crippen LogP contribution in [0.3, 0.4) is 0 Å². The van der Waals surface area contributed by atoms with Crippen molar-refractivity contribution in [3.63, 3.8) is 0 Å². The molecule has 0 fully saturated rings. The van der Waals surface area contributed by atoms with Gasteiger partial charge in [-0.25, -0.2) is 4.68 Å². The maximum atomic E-state index is 6.14. The van der Waals surface area contributed by atoms with Gasteiger partial charge in [-0.05, 0) is 24.6 Å². The minimum absolute atomic E-state index is 0.665. The molecule has 3 aromatic rings. The molecule has 0 saturated heterocycles. The highest BCUT2D eigenvalue weighted by molar-refractivity contribution is 7.98. The molecule has 0 saturated carbocycles. The van der Waals surface area contributed by atoms with Gasteiger partial charge in [0.15, 0.2) is 5.82 Å². The van der Waals surface area contributed by atoms with Crippen molar-refractivity contribution in [2.45, 2.75) is 17.8 Å². The number of nitrogens with zero attached hydrogens (tertiary/aromatic N) is 3. The molecule has 2 N–H and O–H groups in total. The largest absolute Gasteiger partial charge is 0.497 e. The van der Waals surface area contributed by atoms with E-state index in [0.29, 0.717) is 11.0 Å². The fourth-order valence-corrected chi connectivity index (χ4v) is 2.98. The van der Waals surface area contributed by atoms with E-state index in [1.165, 1.54) is 10.2 Å². The van der Waals surface area contributed by atoms with Crippen LogP contribution in [0.2, 0.25) is 0 Å². The summed E-state index contributed by atoms with van der Waals surface area (Å²) in [4.78, 5) is 0. The van der Waals surface area contributed by atoms with Gasteiger partial charge in [0.2, 0.25) is 5.16 Å². The first-order chi connectivity index (χ1) is 11.2. The second kappa shape index (κ2) is 6.75. The second-order valence-electron chi connectivity index (χ2n) is 5.18. The molecule has 0 aliphatic rings. The van der Waals surface area contributed by atoms with Gasteiger partial charge in [0.05, 0.1) is 7.11 Å². The molecule has 0 atom stereocenters. The fraction of sp³-hybridized carbons (Fsp3) is 0.176. The van der Waals surface area contributed by atoms with Crippen LogP contribution < -0.4 is 10.6 Å². The number of benzene rings is 2. The third kappa shape index (κ3) is 3.48. The van der Waals surface area contributed by atoms with E-state index in [-0.39, 0.29) is 0 Å². The smallest absolute Gasteiger partial charge is 0.210 e. The highest BCUT2D eigenvalue weighted by Gasteiger charge is 2.12. The van der Waals surface area contributed by atoms with E-state index in [2.05, 4.69) is 10.2 Å². The molecule has 0 aliphatic carbocycles. The summed E-state index contributed by atoms with van der Waals surface area (Å²) in [5, 5.41) is 9.08. The summed E-state index contributed by atoms with van der Waals surface area (Å²) in [7, 11) is 1.66. The molecule has 118 valence electrons. The van der Waals surface area contributed by atoms with Crippen molar-refractivity contribution in [1.82, 2.24) is 14.9 Å². The molecule has 3 rings (SSSR count). The van der Waals surface area contributed by atoms with Gasteiger partial charge in [0.25, 0.3) is 0 Å². The summed E-state index contributed by atoms with van der Waals surface area (Å²) in [6, 6.07) is 16.0. The molecule has 1 aromatic heterocycles. The van der Waals surface area contributed by atoms with Gasteiger partial charge in [-0.15, -0.1) is 10.2 Å². The van der Waals surface area contributed by atoms with Crippen molar-refractivity contribution in [3.05, 3.63) is 59.7 Å². The van der Waals surface area contributed by atoms with Crippen molar-refractivity contribution in [2.24, 2.45) is 0 Å². The van der Waals surface area contributed by atoms with Crippen LogP contribution in [0.1, 0.15) is 11.1 Å². The van der Waals surface area contributed by atoms with Gasteiger partial charge >= 0.3 is 0 Å². The average Bonchev–Trinajstić information content (AvgIpc) is 2.95. The van der Waals surface area contributed by atoms with Crippen LogP contribution in [0, 0.1) is 6.92 Å². The van der Waals surface area contributed by atoms with Gasteiger partial charge in [0, 0.05) is 11.3 Å². The quantitative estimate of drug-likeness (QED) is 0.576. The molecule has 0 amide bonds. The van der Waals surface area contributed by atoms with Gasteiger partial charge < -0.3 is 10.6 Å². The monoisotopic (exact) mass is 326 g/mol. The number of nitrogens with two attached hydrogens (primary N) is 1. The van der Waals surface area contributed by atoms with Crippen LogP contribution in [0.25, 0.3) is 11.4 Å². The zero-order valence-corrected chi connectivity index (χ0v) is 13.9. The first-order valence-corrected chi connectivity index (χ1v) is 8.19. The highest BCUT2D eigenvalue weighted by Crippen LogP contribution is 2.25. The lowest BCUT2D eigenvalue weighted by molar-refractivity contribution is 0.414. The zero-order valence-electron chi connectivity index (χ0n) is 13.1. The van der Waals surface area contributed by atoms with Crippen LogP contribution in [0.4, 0.5) is 0 Å². The lowest BCUT2D eigenvalue weighted by Crippen LogP contribution is -2.11. The molecule has 0 radical (unpaired) electrons. The number of aromatic nitrogens is 3. The number of ether oxygens (including phenoxy) is 1. The molecule has 2 aromatic carbocycles. The number of aryl methyl sites for hydroxylation is 1. The van der Waals surface area contributed by atoms with Gasteiger partial charge in [-0.2, -0.15) is 0 Å². The molecule has 0 aliphatic heterocycles. The molecule has 1 heterocycles. The zero-order chi connectivity index (χ0) is 16.2. The Balaban J connectivity index is 1.75. The SMILES string of the molecule is COc1cccc(CSc2nnc(-c3ccc(C)cc3)n2N)c1. The summed E-state index contributed by atoms with van der Waals surface area (Å²) in [6.45, 7) is 2.05. The first-order valence-electron chi connectivity index (χ1n) is 7.20. The Labute approximate surface area is 139 Å². The number of hydrogen-bond acceptors (Lipinski definition) is 5. The maximum Gasteiger partial charge on any atom is 0.210 e. The Bertz CT molecular complexity index is 799. The lowest BCUT2D eigenvalue weighted by Gasteiger charge is -2.05.